The van der Waals surface area contributed by atoms with Gasteiger partial charge in [-0.2, -0.15) is 11.8 Å². The number of ether oxygens (including phenoxy) is 1. The molecule has 0 amide bonds. The van der Waals surface area contributed by atoms with Crippen LogP contribution in [0.15, 0.2) is 6.20 Å². The van der Waals surface area contributed by atoms with Crippen LogP contribution in [0.1, 0.15) is 42.1 Å². The highest BCUT2D eigenvalue weighted by atomic mass is 35.5. The highest BCUT2D eigenvalue weighted by Gasteiger charge is 2.14. The number of hydrogen-bond donors (Lipinski definition) is 0. The summed E-state index contributed by atoms with van der Waals surface area (Å²) in [5.41, 5.74) is 0.897. The van der Waals surface area contributed by atoms with Crippen molar-refractivity contribution >= 4 is 29.3 Å². The molecule has 4 nitrogen and oxygen atoms in total. The Morgan fingerprint density at radius 3 is 2.89 bits per heavy atom. The topological polar surface area (TPSA) is 52.1 Å². The summed E-state index contributed by atoms with van der Waals surface area (Å²) in [5.74, 6) is 2.28. The largest absolute Gasteiger partial charge is 0.462 e. The molecule has 1 heterocycles. The molecule has 1 aromatic heterocycles. The van der Waals surface area contributed by atoms with E-state index in [1.807, 2.05) is 0 Å². The Morgan fingerprint density at radius 2 is 2.28 bits per heavy atom. The maximum Gasteiger partial charge on any atom is 0.341 e. The van der Waals surface area contributed by atoms with E-state index < -0.39 is 5.97 Å². The summed E-state index contributed by atoms with van der Waals surface area (Å²) >= 11 is 7.57. The van der Waals surface area contributed by atoms with Crippen LogP contribution in [0.5, 0.6) is 0 Å². The molecule has 0 aliphatic rings. The number of nitrogens with zero attached hydrogens (tertiary/aromatic N) is 2. The van der Waals surface area contributed by atoms with Crippen molar-refractivity contribution in [3.63, 3.8) is 0 Å². The molecule has 0 aliphatic carbocycles. The predicted molar refractivity (Wildman–Crippen MR) is 74.0 cm³/mol. The van der Waals surface area contributed by atoms with E-state index in [1.165, 1.54) is 6.20 Å². The zero-order valence-corrected chi connectivity index (χ0v) is 12.2. The lowest BCUT2D eigenvalue weighted by Gasteiger charge is -2.07. The first-order valence-corrected chi connectivity index (χ1v) is 7.57. The van der Waals surface area contributed by atoms with Crippen molar-refractivity contribution in [2.24, 2.45) is 0 Å². The number of halogens is 1. The minimum absolute atomic E-state index is 0.183. The molecule has 0 unspecified atom stereocenters. The summed E-state index contributed by atoms with van der Waals surface area (Å²) in [6.45, 7) is 4.21. The van der Waals surface area contributed by atoms with Crippen LogP contribution in [0.2, 0.25) is 0 Å². The lowest BCUT2D eigenvalue weighted by molar-refractivity contribution is 0.0524. The second-order valence-electron chi connectivity index (χ2n) is 3.55. The Kier molecular flexibility index (Phi) is 7.05. The van der Waals surface area contributed by atoms with Crippen molar-refractivity contribution in [1.82, 2.24) is 9.97 Å². The van der Waals surface area contributed by atoms with E-state index in [2.05, 4.69) is 16.9 Å². The number of rotatable bonds is 7. The maximum atomic E-state index is 11.6. The van der Waals surface area contributed by atoms with Crippen LogP contribution >= 0.6 is 23.4 Å². The molecule has 0 spiro atoms. The summed E-state index contributed by atoms with van der Waals surface area (Å²) in [4.78, 5) is 20.1. The third-order valence-electron chi connectivity index (χ3n) is 2.12. The second kappa shape index (κ2) is 8.32. The van der Waals surface area contributed by atoms with Gasteiger partial charge in [-0.05, 0) is 19.1 Å². The molecule has 0 radical (unpaired) electrons. The van der Waals surface area contributed by atoms with Gasteiger partial charge in [0.15, 0.2) is 0 Å². The van der Waals surface area contributed by atoms with E-state index in [0.717, 1.165) is 17.9 Å². The van der Waals surface area contributed by atoms with Crippen LogP contribution in [0.25, 0.3) is 0 Å². The van der Waals surface area contributed by atoms with Crippen LogP contribution in [0.3, 0.4) is 0 Å². The first-order valence-electron chi connectivity index (χ1n) is 5.88. The number of aromatic nitrogens is 2. The molecule has 0 aromatic carbocycles. The minimum atomic E-state index is -0.416. The molecule has 0 fully saturated rings. The molecular weight excluding hydrogens is 272 g/mol. The minimum Gasteiger partial charge on any atom is -0.462 e. The highest BCUT2D eigenvalue weighted by Crippen LogP contribution is 2.14. The molecule has 18 heavy (non-hydrogen) atoms. The fourth-order valence-corrected chi connectivity index (χ4v) is 2.28. The number of alkyl halides is 1. The maximum absolute atomic E-state index is 11.6. The molecule has 0 atom stereocenters. The molecule has 0 saturated heterocycles. The van der Waals surface area contributed by atoms with E-state index in [-0.39, 0.29) is 5.88 Å². The highest BCUT2D eigenvalue weighted by molar-refractivity contribution is 7.98. The van der Waals surface area contributed by atoms with Crippen LogP contribution in [-0.4, -0.2) is 28.3 Å². The van der Waals surface area contributed by atoms with Gasteiger partial charge >= 0.3 is 5.97 Å². The Labute approximate surface area is 116 Å². The lowest BCUT2D eigenvalue weighted by Crippen LogP contribution is -2.11. The van der Waals surface area contributed by atoms with Gasteiger partial charge in [-0.25, -0.2) is 14.8 Å². The van der Waals surface area contributed by atoms with E-state index >= 15 is 0 Å². The summed E-state index contributed by atoms with van der Waals surface area (Å²) < 4.78 is 4.93. The van der Waals surface area contributed by atoms with E-state index in [9.17, 15) is 4.79 Å². The van der Waals surface area contributed by atoms with Crippen molar-refractivity contribution < 1.29 is 9.53 Å². The molecular formula is C12H17ClN2O2S. The van der Waals surface area contributed by atoms with Gasteiger partial charge in [0.05, 0.1) is 23.9 Å². The fraction of sp³-hybridized carbons (Fsp3) is 0.583. The average Bonchev–Trinajstić information content (AvgIpc) is 2.39. The standard InChI is InChI=1S/C12H17ClN2O2S/c1-3-5-18-8-11-14-7-9(10(6-13)15-11)12(16)17-4-2/h7H,3-6,8H2,1-2H3. The smallest absolute Gasteiger partial charge is 0.341 e. The number of esters is 1. The molecule has 1 rings (SSSR count). The molecule has 100 valence electrons. The Bertz CT molecular complexity index is 402. The van der Waals surface area contributed by atoms with Gasteiger partial charge in [-0.15, -0.1) is 11.6 Å². The fourth-order valence-electron chi connectivity index (χ4n) is 1.32. The first-order chi connectivity index (χ1) is 8.72. The normalized spacial score (nSPS) is 10.4. The van der Waals surface area contributed by atoms with Crippen LogP contribution < -0.4 is 0 Å². The average molecular weight is 289 g/mol. The predicted octanol–water partition coefficient (Wildman–Crippen LogP) is 3.04. The van der Waals surface area contributed by atoms with E-state index in [0.29, 0.717) is 23.7 Å². The molecule has 6 heteroatoms. The molecule has 0 aliphatic heterocycles. The van der Waals surface area contributed by atoms with Crippen molar-refractivity contribution in [2.45, 2.75) is 31.9 Å². The number of carbonyl (C=O) groups is 1. The summed E-state index contributed by atoms with van der Waals surface area (Å²) in [6.07, 6.45) is 2.62. The van der Waals surface area contributed by atoms with Crippen molar-refractivity contribution in [1.29, 1.82) is 0 Å². The second-order valence-corrected chi connectivity index (χ2v) is 4.93. The quantitative estimate of drug-likeness (QED) is 0.438. The van der Waals surface area contributed by atoms with Gasteiger partial charge in [0.25, 0.3) is 0 Å². The summed E-state index contributed by atoms with van der Waals surface area (Å²) in [5, 5.41) is 0. The lowest BCUT2D eigenvalue weighted by atomic mass is 10.2. The SMILES string of the molecule is CCCSCc1ncc(C(=O)OCC)c(CCl)n1. The molecule has 0 bridgehead atoms. The third-order valence-corrected chi connectivity index (χ3v) is 3.53. The zero-order valence-electron chi connectivity index (χ0n) is 10.6. The van der Waals surface area contributed by atoms with Gasteiger partial charge in [-0.1, -0.05) is 6.92 Å². The Balaban J connectivity index is 2.79. The van der Waals surface area contributed by atoms with Crippen molar-refractivity contribution in [3.05, 3.63) is 23.3 Å². The molecule has 1 aromatic rings. The summed E-state index contributed by atoms with van der Waals surface area (Å²) in [7, 11) is 0. The molecule has 0 N–H and O–H groups in total. The van der Waals surface area contributed by atoms with Gasteiger partial charge in [-0.3, -0.25) is 0 Å². The van der Waals surface area contributed by atoms with Crippen LogP contribution in [0.4, 0.5) is 0 Å². The van der Waals surface area contributed by atoms with Gasteiger partial charge in [0.2, 0.25) is 0 Å². The summed E-state index contributed by atoms with van der Waals surface area (Å²) in [6, 6.07) is 0. The van der Waals surface area contributed by atoms with Crippen LogP contribution in [0, 0.1) is 0 Å². The number of thioether (sulfide) groups is 1. The Hall–Kier alpha value is -0.810. The zero-order chi connectivity index (χ0) is 13.4. The van der Waals surface area contributed by atoms with E-state index in [4.69, 9.17) is 16.3 Å². The number of hydrogen-bond acceptors (Lipinski definition) is 5. The van der Waals surface area contributed by atoms with Crippen molar-refractivity contribution in [3.8, 4) is 0 Å². The van der Waals surface area contributed by atoms with Gasteiger partial charge in [0.1, 0.15) is 11.4 Å². The Morgan fingerprint density at radius 1 is 1.50 bits per heavy atom. The third kappa shape index (κ3) is 4.46. The van der Waals surface area contributed by atoms with E-state index in [1.54, 1.807) is 18.7 Å². The molecule has 0 saturated carbocycles. The van der Waals surface area contributed by atoms with Crippen molar-refractivity contribution in [2.75, 3.05) is 12.4 Å². The first kappa shape index (κ1) is 15.2. The van der Waals surface area contributed by atoms with Gasteiger partial charge < -0.3 is 4.74 Å². The number of carbonyl (C=O) groups excluding carboxylic acids is 1. The van der Waals surface area contributed by atoms with Crippen LogP contribution in [-0.2, 0) is 16.4 Å². The van der Waals surface area contributed by atoms with Gasteiger partial charge in [0, 0.05) is 6.20 Å². The monoisotopic (exact) mass is 288 g/mol.